The molecule has 4 aromatic rings. The number of hydrogen-bond donors (Lipinski definition) is 3. The van der Waals surface area contributed by atoms with Crippen LogP contribution in [0.3, 0.4) is 0 Å². The average Bonchev–Trinajstić information content (AvgIpc) is 3.54. The van der Waals surface area contributed by atoms with Crippen molar-refractivity contribution in [2.45, 2.75) is 30.3 Å². The third kappa shape index (κ3) is 4.10. The van der Waals surface area contributed by atoms with Gasteiger partial charge in [-0.3, -0.25) is 4.79 Å². The molecule has 3 N–H and O–H groups in total. The first kappa shape index (κ1) is 22.9. The quantitative estimate of drug-likeness (QED) is 0.360. The van der Waals surface area contributed by atoms with E-state index in [0.29, 0.717) is 21.9 Å². The predicted molar refractivity (Wildman–Crippen MR) is 131 cm³/mol. The van der Waals surface area contributed by atoms with E-state index in [1.807, 2.05) is 42.5 Å². The molecule has 2 aliphatic rings. The topological polar surface area (TPSA) is 127 Å². The summed E-state index contributed by atoms with van der Waals surface area (Å²) in [5.41, 5.74) is 3.11. The first-order valence-electron chi connectivity index (χ1n) is 11.5. The van der Waals surface area contributed by atoms with E-state index in [-0.39, 0.29) is 19.2 Å². The highest BCUT2D eigenvalue weighted by atomic mass is 35.5. The van der Waals surface area contributed by atoms with Gasteiger partial charge in [-0.2, -0.15) is 4.98 Å². The van der Waals surface area contributed by atoms with Crippen LogP contribution < -0.4 is 4.74 Å². The van der Waals surface area contributed by atoms with Crippen LogP contribution in [0.25, 0.3) is 33.5 Å². The number of aliphatic carboxylic acids is 1. The Kier molecular flexibility index (Phi) is 5.65. The van der Waals surface area contributed by atoms with Crippen LogP contribution in [0.4, 0.5) is 0 Å². The van der Waals surface area contributed by atoms with Crippen molar-refractivity contribution in [1.82, 2.24) is 15.0 Å². The number of aliphatic hydroxyl groups is 1. The number of hydrogen-bond acceptors (Lipinski definition) is 7. The number of rotatable bonds is 6. The summed E-state index contributed by atoms with van der Waals surface area (Å²) in [6.45, 7) is -0.0142. The van der Waals surface area contributed by atoms with Crippen LogP contribution in [0.2, 0.25) is 5.02 Å². The average molecular weight is 508 g/mol. The van der Waals surface area contributed by atoms with E-state index in [2.05, 4.69) is 27.1 Å². The Labute approximate surface area is 210 Å². The van der Waals surface area contributed by atoms with Crippen molar-refractivity contribution in [3.8, 4) is 28.4 Å². The number of pyridine rings is 1. The van der Waals surface area contributed by atoms with Crippen molar-refractivity contribution in [3.05, 3.63) is 65.7 Å². The third-order valence-corrected chi connectivity index (χ3v) is 6.84. The minimum absolute atomic E-state index is 0.126. The van der Waals surface area contributed by atoms with E-state index in [0.717, 1.165) is 16.7 Å². The number of benzene rings is 2. The molecule has 1 unspecified atom stereocenters. The number of fused-ring (bicyclic) bond motifs is 2. The van der Waals surface area contributed by atoms with E-state index < -0.39 is 36.3 Å². The van der Waals surface area contributed by atoms with Gasteiger partial charge in [-0.05, 0) is 17.2 Å². The number of H-pyrrole nitrogens is 1. The van der Waals surface area contributed by atoms with Gasteiger partial charge in [-0.15, -0.1) is 0 Å². The molecule has 6 rings (SSSR count). The Morgan fingerprint density at radius 3 is 2.56 bits per heavy atom. The zero-order chi connectivity index (χ0) is 24.9. The fourth-order valence-electron chi connectivity index (χ4n) is 4.82. The van der Waals surface area contributed by atoms with E-state index in [4.69, 9.17) is 30.9 Å². The van der Waals surface area contributed by atoms with Crippen molar-refractivity contribution in [3.63, 3.8) is 0 Å². The number of aromatic nitrogens is 3. The molecule has 2 fully saturated rings. The van der Waals surface area contributed by atoms with Gasteiger partial charge < -0.3 is 29.4 Å². The predicted octanol–water partition coefficient (Wildman–Crippen LogP) is 3.70. The molecule has 2 aliphatic heterocycles. The SMILES string of the molecule is O=C(O)C[C@@]1(O)CO[C@H]2C1OC[C@H]2Oc1nc2nc(-c3ccc(-c4ccccc4)cc3)c(Cl)cc2[nH]1. The van der Waals surface area contributed by atoms with Crippen molar-refractivity contribution in [2.75, 3.05) is 13.2 Å². The minimum atomic E-state index is -1.59. The molecule has 0 amide bonds. The Hall–Kier alpha value is -3.50. The summed E-state index contributed by atoms with van der Waals surface area (Å²) in [4.78, 5) is 23.3. The summed E-state index contributed by atoms with van der Waals surface area (Å²) in [5, 5.41) is 20.2. The summed E-state index contributed by atoms with van der Waals surface area (Å²) in [6, 6.07) is 20.0. The largest absolute Gasteiger partial charge is 0.481 e. The van der Waals surface area contributed by atoms with Crippen molar-refractivity contribution in [2.24, 2.45) is 0 Å². The van der Waals surface area contributed by atoms with Gasteiger partial charge in [0.1, 0.15) is 17.8 Å². The number of carbonyl (C=O) groups is 1. The van der Waals surface area contributed by atoms with Gasteiger partial charge in [-0.1, -0.05) is 66.2 Å². The fourth-order valence-corrected chi connectivity index (χ4v) is 5.08. The summed E-state index contributed by atoms with van der Waals surface area (Å²) < 4.78 is 17.3. The molecule has 10 heteroatoms. The van der Waals surface area contributed by atoms with E-state index in [9.17, 15) is 9.90 Å². The molecule has 2 aromatic carbocycles. The Balaban J connectivity index is 1.22. The summed E-state index contributed by atoms with van der Waals surface area (Å²) >= 11 is 6.55. The highest BCUT2D eigenvalue weighted by Crippen LogP contribution is 2.38. The van der Waals surface area contributed by atoms with Crippen LogP contribution in [0.15, 0.2) is 60.7 Å². The molecule has 0 spiro atoms. The maximum atomic E-state index is 11.1. The Bertz CT molecular complexity index is 1430. The monoisotopic (exact) mass is 507 g/mol. The first-order chi connectivity index (χ1) is 17.4. The van der Waals surface area contributed by atoms with Crippen LogP contribution in [0.5, 0.6) is 6.01 Å². The molecule has 184 valence electrons. The van der Waals surface area contributed by atoms with E-state index in [1.165, 1.54) is 0 Å². The second-order valence-electron chi connectivity index (χ2n) is 9.04. The summed E-state index contributed by atoms with van der Waals surface area (Å²) in [6.07, 6.45) is -2.44. The molecular formula is C26H22ClN3O6. The van der Waals surface area contributed by atoms with Crippen LogP contribution in [-0.4, -0.2) is 68.3 Å². The Morgan fingerprint density at radius 1 is 1.08 bits per heavy atom. The van der Waals surface area contributed by atoms with Gasteiger partial charge in [0.2, 0.25) is 0 Å². The lowest BCUT2D eigenvalue weighted by atomic mass is 9.93. The Morgan fingerprint density at radius 2 is 1.81 bits per heavy atom. The number of nitrogens with zero attached hydrogens (tertiary/aromatic N) is 2. The molecule has 2 saturated heterocycles. The molecule has 9 nitrogen and oxygen atoms in total. The van der Waals surface area contributed by atoms with Gasteiger partial charge >= 0.3 is 5.97 Å². The lowest BCUT2D eigenvalue weighted by Gasteiger charge is -2.24. The molecule has 0 bridgehead atoms. The number of aromatic amines is 1. The highest BCUT2D eigenvalue weighted by molar-refractivity contribution is 6.33. The van der Waals surface area contributed by atoms with Gasteiger partial charge in [0.05, 0.1) is 35.9 Å². The van der Waals surface area contributed by atoms with Crippen molar-refractivity contribution in [1.29, 1.82) is 0 Å². The zero-order valence-corrected chi connectivity index (χ0v) is 19.7. The third-order valence-electron chi connectivity index (χ3n) is 6.55. The normalized spacial score (nSPS) is 25.2. The molecule has 0 aliphatic carbocycles. The zero-order valence-electron chi connectivity index (χ0n) is 18.9. The van der Waals surface area contributed by atoms with E-state index >= 15 is 0 Å². The molecule has 4 atom stereocenters. The fraction of sp³-hybridized carbons (Fsp3) is 0.269. The van der Waals surface area contributed by atoms with Crippen molar-refractivity contribution < 1.29 is 29.2 Å². The van der Waals surface area contributed by atoms with E-state index in [1.54, 1.807) is 6.07 Å². The summed E-state index contributed by atoms with van der Waals surface area (Å²) in [5.74, 6) is -1.12. The summed E-state index contributed by atoms with van der Waals surface area (Å²) in [7, 11) is 0. The lowest BCUT2D eigenvalue weighted by molar-refractivity contribution is -0.147. The second-order valence-corrected chi connectivity index (χ2v) is 9.44. The second kappa shape index (κ2) is 8.86. The number of imidazole rings is 1. The van der Waals surface area contributed by atoms with Gasteiger partial charge in [-0.25, -0.2) is 4.98 Å². The number of nitrogens with one attached hydrogen (secondary N) is 1. The smallest absolute Gasteiger partial charge is 0.306 e. The standard InChI is InChI=1S/C26H22ClN3O6/c27-17-10-18-24(29-21(17)16-8-6-15(7-9-16)14-4-2-1-3-5-14)30-25(28-18)36-19-12-34-23-22(19)35-13-26(23,33)11-20(31)32/h1-10,19,22-23,33H,11-13H2,(H,31,32)(H,28,29,30)/t19-,22-,23?,26-/m1/s1. The first-order valence-corrected chi connectivity index (χ1v) is 11.8. The maximum absolute atomic E-state index is 11.1. The van der Waals surface area contributed by atoms with Crippen LogP contribution in [0, 0.1) is 0 Å². The number of carboxylic acids is 1. The molecule has 4 heterocycles. The highest BCUT2D eigenvalue weighted by Gasteiger charge is 2.57. The molecule has 0 radical (unpaired) electrons. The van der Waals surface area contributed by atoms with Crippen LogP contribution >= 0.6 is 11.6 Å². The number of ether oxygens (including phenoxy) is 3. The van der Waals surface area contributed by atoms with Crippen LogP contribution in [-0.2, 0) is 14.3 Å². The van der Waals surface area contributed by atoms with Gasteiger partial charge in [0.25, 0.3) is 6.01 Å². The lowest BCUT2D eigenvalue weighted by Crippen LogP contribution is -2.45. The number of carboxylic acid groups (broad SMARTS) is 1. The van der Waals surface area contributed by atoms with Crippen LogP contribution in [0.1, 0.15) is 6.42 Å². The van der Waals surface area contributed by atoms with Gasteiger partial charge in [0.15, 0.2) is 11.8 Å². The molecule has 0 saturated carbocycles. The molecule has 2 aromatic heterocycles. The maximum Gasteiger partial charge on any atom is 0.306 e. The number of halogens is 1. The van der Waals surface area contributed by atoms with Crippen molar-refractivity contribution >= 4 is 28.7 Å². The molecular weight excluding hydrogens is 486 g/mol. The minimum Gasteiger partial charge on any atom is -0.481 e. The molecule has 36 heavy (non-hydrogen) atoms. The van der Waals surface area contributed by atoms with Gasteiger partial charge in [0, 0.05) is 5.56 Å².